The average molecular weight is 314 g/mol. The van der Waals surface area contributed by atoms with E-state index in [1.807, 2.05) is 6.07 Å². The van der Waals surface area contributed by atoms with E-state index < -0.39 is 5.97 Å². The molecule has 1 rings (SSSR count). The monoisotopic (exact) mass is 313 g/mol. The van der Waals surface area contributed by atoms with Gasteiger partial charge in [-0.2, -0.15) is 0 Å². The molecule has 3 nitrogen and oxygen atoms in total. The molecule has 0 aliphatic carbocycles. The van der Waals surface area contributed by atoms with E-state index >= 15 is 0 Å². The fraction of sp³-hybridized carbons (Fsp3) is 0.500. The van der Waals surface area contributed by atoms with Crippen LogP contribution in [0.2, 0.25) is 0 Å². The van der Waals surface area contributed by atoms with Crippen molar-refractivity contribution in [1.29, 1.82) is 0 Å². The SMILES string of the molecule is CCCC(C)(C)NCc1ccc(C(=O)O)cc1Br. The minimum absolute atomic E-state index is 0.0969. The van der Waals surface area contributed by atoms with E-state index in [0.717, 1.165) is 29.4 Å². The van der Waals surface area contributed by atoms with Crippen LogP contribution in [0.3, 0.4) is 0 Å². The topological polar surface area (TPSA) is 49.3 Å². The Morgan fingerprint density at radius 2 is 2.11 bits per heavy atom. The van der Waals surface area contributed by atoms with Crippen LogP contribution in [-0.2, 0) is 6.54 Å². The Labute approximate surface area is 117 Å². The summed E-state index contributed by atoms with van der Waals surface area (Å²) in [6.45, 7) is 7.25. The number of carboxylic acid groups (broad SMARTS) is 1. The molecule has 2 N–H and O–H groups in total. The van der Waals surface area contributed by atoms with Crippen LogP contribution in [0.15, 0.2) is 22.7 Å². The number of halogens is 1. The summed E-state index contributed by atoms with van der Waals surface area (Å²) in [5, 5.41) is 12.4. The van der Waals surface area contributed by atoms with Crippen molar-refractivity contribution in [2.75, 3.05) is 0 Å². The van der Waals surface area contributed by atoms with Crippen LogP contribution < -0.4 is 5.32 Å². The number of benzene rings is 1. The van der Waals surface area contributed by atoms with Gasteiger partial charge in [0.15, 0.2) is 0 Å². The van der Waals surface area contributed by atoms with Crippen molar-refractivity contribution in [2.45, 2.75) is 45.7 Å². The number of carboxylic acids is 1. The first-order chi connectivity index (χ1) is 8.35. The van der Waals surface area contributed by atoms with Crippen LogP contribution in [0.5, 0.6) is 0 Å². The normalized spacial score (nSPS) is 11.6. The largest absolute Gasteiger partial charge is 0.478 e. The lowest BCUT2D eigenvalue weighted by Crippen LogP contribution is -2.38. The van der Waals surface area contributed by atoms with E-state index in [1.54, 1.807) is 12.1 Å². The number of aromatic carboxylic acids is 1. The van der Waals surface area contributed by atoms with Gasteiger partial charge in [0.1, 0.15) is 0 Å². The van der Waals surface area contributed by atoms with E-state index in [0.29, 0.717) is 5.56 Å². The third kappa shape index (κ3) is 4.42. The Morgan fingerprint density at radius 3 is 2.61 bits per heavy atom. The van der Waals surface area contributed by atoms with Gasteiger partial charge in [-0.1, -0.05) is 35.3 Å². The molecule has 0 atom stereocenters. The summed E-state index contributed by atoms with van der Waals surface area (Å²) in [6, 6.07) is 5.13. The lowest BCUT2D eigenvalue weighted by Gasteiger charge is -2.26. The van der Waals surface area contributed by atoms with E-state index in [9.17, 15) is 4.79 Å². The van der Waals surface area contributed by atoms with Crippen molar-refractivity contribution in [2.24, 2.45) is 0 Å². The predicted molar refractivity (Wildman–Crippen MR) is 76.9 cm³/mol. The van der Waals surface area contributed by atoms with E-state index in [2.05, 4.69) is 42.0 Å². The molecule has 1 aromatic carbocycles. The summed E-state index contributed by atoms with van der Waals surface area (Å²) in [5.41, 5.74) is 1.47. The van der Waals surface area contributed by atoms with Gasteiger partial charge in [-0.15, -0.1) is 0 Å². The lowest BCUT2D eigenvalue weighted by molar-refractivity contribution is 0.0697. The highest BCUT2D eigenvalue weighted by atomic mass is 79.9. The third-order valence-corrected chi connectivity index (χ3v) is 3.67. The molecule has 100 valence electrons. The molecule has 0 aromatic heterocycles. The van der Waals surface area contributed by atoms with Crippen LogP contribution in [0.25, 0.3) is 0 Å². The molecule has 18 heavy (non-hydrogen) atoms. The van der Waals surface area contributed by atoms with E-state index in [4.69, 9.17) is 5.11 Å². The van der Waals surface area contributed by atoms with Gasteiger partial charge in [0, 0.05) is 16.6 Å². The Hall–Kier alpha value is -0.870. The molecule has 0 spiro atoms. The Morgan fingerprint density at radius 1 is 1.44 bits per heavy atom. The summed E-state index contributed by atoms with van der Waals surface area (Å²) in [4.78, 5) is 10.8. The molecular formula is C14H20BrNO2. The quantitative estimate of drug-likeness (QED) is 0.839. The van der Waals surface area contributed by atoms with Gasteiger partial charge in [-0.25, -0.2) is 4.79 Å². The lowest BCUT2D eigenvalue weighted by atomic mass is 9.98. The molecule has 0 fully saturated rings. The first-order valence-electron chi connectivity index (χ1n) is 6.12. The summed E-state index contributed by atoms with van der Waals surface area (Å²) >= 11 is 3.42. The van der Waals surface area contributed by atoms with Crippen LogP contribution in [-0.4, -0.2) is 16.6 Å². The maximum absolute atomic E-state index is 10.8. The second-order valence-corrected chi connectivity index (χ2v) is 5.95. The maximum Gasteiger partial charge on any atom is 0.335 e. The fourth-order valence-corrected chi connectivity index (χ4v) is 2.39. The molecule has 1 aromatic rings. The highest BCUT2D eigenvalue weighted by molar-refractivity contribution is 9.10. The van der Waals surface area contributed by atoms with Crippen molar-refractivity contribution >= 4 is 21.9 Å². The third-order valence-electron chi connectivity index (χ3n) is 2.93. The second kappa shape index (κ2) is 6.34. The molecular weight excluding hydrogens is 294 g/mol. The number of rotatable bonds is 6. The predicted octanol–water partition coefficient (Wildman–Crippen LogP) is 3.82. The van der Waals surface area contributed by atoms with Crippen LogP contribution in [0.1, 0.15) is 49.5 Å². The van der Waals surface area contributed by atoms with Crippen LogP contribution >= 0.6 is 15.9 Å². The minimum Gasteiger partial charge on any atom is -0.478 e. The van der Waals surface area contributed by atoms with Gasteiger partial charge < -0.3 is 10.4 Å². The smallest absolute Gasteiger partial charge is 0.335 e. The van der Waals surface area contributed by atoms with Gasteiger partial charge >= 0.3 is 5.97 Å². The van der Waals surface area contributed by atoms with Crippen molar-refractivity contribution < 1.29 is 9.90 Å². The van der Waals surface area contributed by atoms with Crippen molar-refractivity contribution in [3.05, 3.63) is 33.8 Å². The van der Waals surface area contributed by atoms with Gasteiger partial charge in [0.25, 0.3) is 0 Å². The van der Waals surface area contributed by atoms with Gasteiger partial charge in [0.05, 0.1) is 5.56 Å². The highest BCUT2D eigenvalue weighted by Crippen LogP contribution is 2.20. The molecule has 0 saturated heterocycles. The van der Waals surface area contributed by atoms with Crippen molar-refractivity contribution in [3.63, 3.8) is 0 Å². The zero-order valence-electron chi connectivity index (χ0n) is 11.1. The summed E-state index contributed by atoms with van der Waals surface area (Å²) in [7, 11) is 0. The Bertz CT molecular complexity index is 430. The molecule has 4 heteroatoms. The zero-order chi connectivity index (χ0) is 13.8. The summed E-state index contributed by atoms with van der Waals surface area (Å²) < 4.78 is 0.835. The molecule has 0 aliphatic heterocycles. The number of hydrogen-bond acceptors (Lipinski definition) is 2. The highest BCUT2D eigenvalue weighted by Gasteiger charge is 2.16. The van der Waals surface area contributed by atoms with Crippen molar-refractivity contribution in [3.8, 4) is 0 Å². The number of carbonyl (C=O) groups is 1. The maximum atomic E-state index is 10.8. The summed E-state index contributed by atoms with van der Waals surface area (Å²) in [5.74, 6) is -0.901. The number of hydrogen-bond donors (Lipinski definition) is 2. The molecule has 0 heterocycles. The standard InChI is InChI=1S/C14H20BrNO2/c1-4-7-14(2,3)16-9-11-6-5-10(13(17)18)8-12(11)15/h5-6,8,16H,4,7,9H2,1-3H3,(H,17,18). The Balaban J connectivity index is 2.71. The molecule has 0 radical (unpaired) electrons. The minimum atomic E-state index is -0.901. The molecule has 0 unspecified atom stereocenters. The van der Waals surface area contributed by atoms with Crippen molar-refractivity contribution in [1.82, 2.24) is 5.32 Å². The van der Waals surface area contributed by atoms with Crippen LogP contribution in [0.4, 0.5) is 0 Å². The van der Waals surface area contributed by atoms with E-state index in [-0.39, 0.29) is 5.54 Å². The zero-order valence-corrected chi connectivity index (χ0v) is 12.7. The summed E-state index contributed by atoms with van der Waals surface area (Å²) in [6.07, 6.45) is 2.25. The van der Waals surface area contributed by atoms with Gasteiger partial charge in [-0.3, -0.25) is 0 Å². The first-order valence-corrected chi connectivity index (χ1v) is 6.92. The Kier molecular flexibility index (Phi) is 5.35. The number of nitrogens with one attached hydrogen (secondary N) is 1. The van der Waals surface area contributed by atoms with E-state index in [1.165, 1.54) is 0 Å². The van der Waals surface area contributed by atoms with Gasteiger partial charge in [0.2, 0.25) is 0 Å². The van der Waals surface area contributed by atoms with Gasteiger partial charge in [-0.05, 0) is 38.0 Å². The second-order valence-electron chi connectivity index (χ2n) is 5.10. The molecule has 0 amide bonds. The average Bonchev–Trinajstić information content (AvgIpc) is 2.27. The van der Waals surface area contributed by atoms with Crippen LogP contribution in [0, 0.1) is 0 Å². The molecule has 0 bridgehead atoms. The molecule has 0 saturated carbocycles. The first kappa shape index (κ1) is 15.2. The molecule has 0 aliphatic rings. The fourth-order valence-electron chi connectivity index (χ4n) is 1.87.